The third-order valence-electron chi connectivity index (χ3n) is 2.89. The average Bonchev–Trinajstić information content (AvgIpc) is 2.45. The van der Waals surface area contributed by atoms with Crippen LogP contribution in [0.25, 0.3) is 0 Å². The van der Waals surface area contributed by atoms with E-state index in [1.165, 1.54) is 37.1 Å². The minimum Gasteiger partial charge on any atom is -0.412 e. The van der Waals surface area contributed by atoms with E-state index in [0.29, 0.717) is 0 Å². The molecule has 1 saturated heterocycles. The van der Waals surface area contributed by atoms with Gasteiger partial charge in [0, 0.05) is 1.43 Å². The van der Waals surface area contributed by atoms with Gasteiger partial charge in [-0.25, -0.2) is 0 Å². The van der Waals surface area contributed by atoms with Crippen LogP contribution < -0.4 is 5.32 Å². The molecule has 2 nitrogen and oxygen atoms in total. The van der Waals surface area contributed by atoms with Crippen molar-refractivity contribution < 1.29 is 6.90 Å². The summed E-state index contributed by atoms with van der Waals surface area (Å²) in [5, 5.41) is 3.40. The lowest BCUT2D eigenvalue weighted by Crippen LogP contribution is -2.26. The Kier molecular flexibility index (Phi) is 13.6. The van der Waals surface area contributed by atoms with Crippen molar-refractivity contribution in [1.82, 2.24) is 5.32 Å². The van der Waals surface area contributed by atoms with Crippen LogP contribution in [0.2, 0.25) is 0 Å². The number of benzene rings is 1. The van der Waals surface area contributed by atoms with Crippen LogP contribution in [0.3, 0.4) is 0 Å². The molecule has 0 atom stereocenters. The molecule has 1 aromatic carbocycles. The van der Waals surface area contributed by atoms with Crippen molar-refractivity contribution in [2.45, 2.75) is 53.4 Å². The smallest absolute Gasteiger partial charge is 0 e. The van der Waals surface area contributed by atoms with E-state index in [4.69, 9.17) is 0 Å². The van der Waals surface area contributed by atoms with Crippen LogP contribution in [0.5, 0.6) is 0 Å². The second-order valence-electron chi connectivity index (χ2n) is 3.93. The summed E-state index contributed by atoms with van der Waals surface area (Å²) in [5.41, 5.74) is 2.88. The molecule has 1 aliphatic heterocycles. The van der Waals surface area contributed by atoms with Gasteiger partial charge in [0.1, 0.15) is 0 Å². The second kappa shape index (κ2) is 12.6. The molecule has 2 rings (SSSR count). The Bertz CT molecular complexity index is 269. The lowest BCUT2D eigenvalue weighted by atomic mass is 9.90. The Balaban J connectivity index is -0.000000392. The maximum atomic E-state index is 3.40. The topological polar surface area (TPSA) is 43.5 Å². The zero-order chi connectivity index (χ0) is 13.1. The standard InChI is InChI=1S/C12H17N.2C2H6.H2O.H2/c1-10-2-4-11(5-3-10)12-6-8-13-9-7-12;2*1-2;;/h2-5,12-13H,6-9H2,1H3;2*1-2H3;1H2;1H. The van der Waals surface area contributed by atoms with Crippen molar-refractivity contribution in [2.24, 2.45) is 0 Å². The van der Waals surface area contributed by atoms with Gasteiger partial charge < -0.3 is 10.8 Å². The molecule has 0 spiro atoms. The second-order valence-corrected chi connectivity index (χ2v) is 3.93. The lowest BCUT2D eigenvalue weighted by molar-refractivity contribution is 0.460. The predicted molar refractivity (Wildman–Crippen MR) is 84.4 cm³/mol. The highest BCUT2D eigenvalue weighted by molar-refractivity contribution is 5.24. The van der Waals surface area contributed by atoms with E-state index in [1.807, 2.05) is 27.7 Å². The first kappa shape index (κ1) is 19.5. The van der Waals surface area contributed by atoms with Crippen molar-refractivity contribution in [3.63, 3.8) is 0 Å². The Morgan fingerprint density at radius 2 is 1.39 bits per heavy atom. The van der Waals surface area contributed by atoms with E-state index in [0.717, 1.165) is 5.92 Å². The summed E-state index contributed by atoms with van der Waals surface area (Å²) in [6.07, 6.45) is 2.59. The van der Waals surface area contributed by atoms with Gasteiger partial charge in [-0.15, -0.1) is 0 Å². The van der Waals surface area contributed by atoms with Crippen LogP contribution in [0, 0.1) is 6.92 Å². The van der Waals surface area contributed by atoms with Crippen molar-refractivity contribution in [3.05, 3.63) is 35.4 Å². The molecule has 1 aromatic rings. The molecule has 3 N–H and O–H groups in total. The molecule has 0 saturated carbocycles. The van der Waals surface area contributed by atoms with Gasteiger partial charge >= 0.3 is 0 Å². The third kappa shape index (κ3) is 6.77. The molecule has 18 heavy (non-hydrogen) atoms. The quantitative estimate of drug-likeness (QED) is 0.811. The van der Waals surface area contributed by atoms with Gasteiger partial charge in [0.15, 0.2) is 0 Å². The maximum absolute atomic E-state index is 3.40. The number of hydrogen-bond acceptors (Lipinski definition) is 1. The minimum absolute atomic E-state index is 0. The molecule has 0 amide bonds. The first-order chi connectivity index (χ1) is 8.36. The van der Waals surface area contributed by atoms with Crippen LogP contribution in [-0.2, 0) is 0 Å². The Hall–Kier alpha value is -0.860. The van der Waals surface area contributed by atoms with Crippen LogP contribution in [0.4, 0.5) is 0 Å². The molecule has 1 fully saturated rings. The molecule has 0 bridgehead atoms. The molecular weight excluding hydrogens is 222 g/mol. The molecular formula is C16H33NO. The predicted octanol–water partition coefficient (Wildman–Crippen LogP) is 3.94. The Labute approximate surface area is 115 Å². The number of aryl methyl sites for hydroxylation is 1. The van der Waals surface area contributed by atoms with E-state index in [1.54, 1.807) is 0 Å². The SMILES string of the molecule is CC.CC.Cc1ccc(C2CCNCC2)cc1.O.[HH]. The summed E-state index contributed by atoms with van der Waals surface area (Å²) < 4.78 is 0. The van der Waals surface area contributed by atoms with Crippen molar-refractivity contribution in [3.8, 4) is 0 Å². The molecule has 2 heteroatoms. The number of piperidine rings is 1. The highest BCUT2D eigenvalue weighted by Gasteiger charge is 2.14. The van der Waals surface area contributed by atoms with Crippen LogP contribution in [0.1, 0.15) is 59.0 Å². The number of rotatable bonds is 1. The number of nitrogens with one attached hydrogen (secondary N) is 1. The van der Waals surface area contributed by atoms with E-state index in [9.17, 15) is 0 Å². The summed E-state index contributed by atoms with van der Waals surface area (Å²) in [6.45, 7) is 12.5. The Morgan fingerprint density at radius 1 is 0.944 bits per heavy atom. The van der Waals surface area contributed by atoms with Gasteiger partial charge in [-0.2, -0.15) is 0 Å². The average molecular weight is 255 g/mol. The molecule has 0 radical (unpaired) electrons. The van der Waals surface area contributed by atoms with Gasteiger partial charge in [-0.05, 0) is 44.3 Å². The normalized spacial score (nSPS) is 14.3. The van der Waals surface area contributed by atoms with Crippen LogP contribution in [0.15, 0.2) is 24.3 Å². The van der Waals surface area contributed by atoms with Gasteiger partial charge in [-0.3, -0.25) is 0 Å². The summed E-state index contributed by atoms with van der Waals surface area (Å²) in [5.74, 6) is 0.793. The first-order valence-corrected chi connectivity index (χ1v) is 7.13. The molecule has 0 unspecified atom stereocenters. The van der Waals surface area contributed by atoms with E-state index in [-0.39, 0.29) is 6.90 Å². The Morgan fingerprint density at radius 3 is 1.83 bits per heavy atom. The maximum Gasteiger partial charge on any atom is 0 e. The van der Waals surface area contributed by atoms with Gasteiger partial charge in [0.2, 0.25) is 0 Å². The first-order valence-electron chi connectivity index (χ1n) is 7.13. The van der Waals surface area contributed by atoms with Gasteiger partial charge in [0.25, 0.3) is 0 Å². The fourth-order valence-corrected chi connectivity index (χ4v) is 1.99. The summed E-state index contributed by atoms with van der Waals surface area (Å²) in [7, 11) is 0. The van der Waals surface area contributed by atoms with E-state index in [2.05, 4.69) is 36.5 Å². The van der Waals surface area contributed by atoms with Gasteiger partial charge in [0.05, 0.1) is 0 Å². The fraction of sp³-hybridized carbons (Fsp3) is 0.625. The highest BCUT2D eigenvalue weighted by Crippen LogP contribution is 2.24. The molecule has 1 heterocycles. The summed E-state index contributed by atoms with van der Waals surface area (Å²) in [6, 6.07) is 9.01. The van der Waals surface area contributed by atoms with Crippen molar-refractivity contribution in [2.75, 3.05) is 13.1 Å². The van der Waals surface area contributed by atoms with E-state index >= 15 is 0 Å². The number of hydrogen-bond donors (Lipinski definition) is 1. The molecule has 0 aliphatic carbocycles. The molecule has 108 valence electrons. The van der Waals surface area contributed by atoms with Crippen LogP contribution in [-0.4, -0.2) is 18.6 Å². The van der Waals surface area contributed by atoms with Crippen LogP contribution >= 0.6 is 0 Å². The monoisotopic (exact) mass is 255 g/mol. The zero-order valence-electron chi connectivity index (χ0n) is 12.7. The minimum atomic E-state index is 0. The summed E-state index contributed by atoms with van der Waals surface area (Å²) in [4.78, 5) is 0. The van der Waals surface area contributed by atoms with Crippen molar-refractivity contribution >= 4 is 0 Å². The van der Waals surface area contributed by atoms with Crippen molar-refractivity contribution in [1.29, 1.82) is 0 Å². The zero-order valence-corrected chi connectivity index (χ0v) is 12.7. The molecule has 1 aliphatic rings. The molecule has 0 aromatic heterocycles. The van der Waals surface area contributed by atoms with Gasteiger partial charge in [-0.1, -0.05) is 57.5 Å². The fourth-order valence-electron chi connectivity index (χ4n) is 1.99. The third-order valence-corrected chi connectivity index (χ3v) is 2.89. The summed E-state index contributed by atoms with van der Waals surface area (Å²) >= 11 is 0. The largest absolute Gasteiger partial charge is 0.412 e. The van der Waals surface area contributed by atoms with E-state index < -0.39 is 0 Å². The highest BCUT2D eigenvalue weighted by atomic mass is 16.0. The lowest BCUT2D eigenvalue weighted by Gasteiger charge is -2.22.